The number of rotatable bonds is 4. The molecular weight excluding hydrogens is 402 g/mol. The molecular formula is C23H24ClN3OS. The van der Waals surface area contributed by atoms with Gasteiger partial charge < -0.3 is 9.80 Å². The summed E-state index contributed by atoms with van der Waals surface area (Å²) in [4.78, 5) is 22.2. The van der Waals surface area contributed by atoms with Crippen molar-refractivity contribution < 1.29 is 4.79 Å². The fraction of sp³-hybridized carbons (Fsp3) is 0.304. The minimum Gasteiger partial charge on any atom is -0.363 e. The van der Waals surface area contributed by atoms with Crippen LogP contribution in [0.2, 0.25) is 5.02 Å². The lowest BCUT2D eigenvalue weighted by Crippen LogP contribution is -2.35. The fourth-order valence-electron chi connectivity index (χ4n) is 3.61. The maximum absolute atomic E-state index is 12.7. The first-order valence-electron chi connectivity index (χ1n) is 9.84. The van der Waals surface area contributed by atoms with Crippen molar-refractivity contribution in [3.63, 3.8) is 0 Å². The van der Waals surface area contributed by atoms with E-state index in [1.807, 2.05) is 54.4 Å². The standard InChI is InChI=1S/C23H24ClN3OS/c1-26(2)22-14-16(8-9-25-22)21-13-18(15-29-21)19-7-6-17(12-20(19)24)23(28)27-10-4-3-5-11-27/h6-9,12-15H,3-5,10-11H2,1-2H3. The van der Waals surface area contributed by atoms with Gasteiger partial charge in [0, 0.05) is 54.4 Å². The Balaban J connectivity index is 1.58. The molecule has 0 bridgehead atoms. The van der Waals surface area contributed by atoms with Gasteiger partial charge in [-0.05, 0) is 66.1 Å². The first-order valence-corrected chi connectivity index (χ1v) is 11.1. The zero-order valence-corrected chi connectivity index (χ0v) is 18.3. The van der Waals surface area contributed by atoms with Gasteiger partial charge in [-0.1, -0.05) is 17.7 Å². The highest BCUT2D eigenvalue weighted by molar-refractivity contribution is 7.14. The zero-order valence-electron chi connectivity index (χ0n) is 16.7. The number of pyridine rings is 1. The molecule has 0 aliphatic carbocycles. The predicted molar refractivity (Wildman–Crippen MR) is 122 cm³/mol. The van der Waals surface area contributed by atoms with Crippen LogP contribution < -0.4 is 4.90 Å². The van der Waals surface area contributed by atoms with Crippen molar-refractivity contribution in [3.8, 4) is 21.6 Å². The summed E-state index contributed by atoms with van der Waals surface area (Å²) in [6.07, 6.45) is 5.20. The van der Waals surface area contributed by atoms with Crippen LogP contribution in [0.15, 0.2) is 48.0 Å². The summed E-state index contributed by atoms with van der Waals surface area (Å²) in [7, 11) is 3.97. The van der Waals surface area contributed by atoms with Gasteiger partial charge in [-0.15, -0.1) is 11.3 Å². The minimum absolute atomic E-state index is 0.0807. The van der Waals surface area contributed by atoms with Crippen molar-refractivity contribution in [2.75, 3.05) is 32.1 Å². The highest BCUT2D eigenvalue weighted by atomic mass is 35.5. The van der Waals surface area contributed by atoms with Crippen LogP contribution in [-0.2, 0) is 0 Å². The topological polar surface area (TPSA) is 36.4 Å². The molecule has 1 aromatic carbocycles. The smallest absolute Gasteiger partial charge is 0.253 e. The van der Waals surface area contributed by atoms with Gasteiger partial charge in [0.15, 0.2) is 0 Å². The quantitative estimate of drug-likeness (QED) is 0.528. The predicted octanol–water partition coefficient (Wildman–Crippen LogP) is 5.82. The summed E-state index contributed by atoms with van der Waals surface area (Å²) in [5.41, 5.74) is 3.82. The highest BCUT2D eigenvalue weighted by Gasteiger charge is 2.19. The average Bonchev–Trinajstić information content (AvgIpc) is 3.24. The number of amides is 1. The second kappa shape index (κ2) is 8.56. The number of hydrogen-bond donors (Lipinski definition) is 0. The Hall–Kier alpha value is -2.37. The van der Waals surface area contributed by atoms with E-state index >= 15 is 0 Å². The highest BCUT2D eigenvalue weighted by Crippen LogP contribution is 2.36. The van der Waals surface area contributed by atoms with Gasteiger partial charge in [0.05, 0.1) is 0 Å². The lowest BCUT2D eigenvalue weighted by atomic mass is 10.0. The third-order valence-electron chi connectivity index (χ3n) is 5.26. The number of carbonyl (C=O) groups is 1. The molecule has 0 atom stereocenters. The Morgan fingerprint density at radius 2 is 1.86 bits per heavy atom. The molecule has 0 saturated carbocycles. The molecule has 0 spiro atoms. The van der Waals surface area contributed by atoms with E-state index in [1.54, 1.807) is 11.3 Å². The van der Waals surface area contributed by atoms with Crippen LogP contribution in [0.4, 0.5) is 5.82 Å². The number of nitrogens with zero attached hydrogens (tertiary/aromatic N) is 3. The number of halogens is 1. The van der Waals surface area contributed by atoms with Crippen molar-refractivity contribution in [2.45, 2.75) is 19.3 Å². The molecule has 6 heteroatoms. The van der Waals surface area contributed by atoms with Crippen molar-refractivity contribution in [1.29, 1.82) is 0 Å². The third kappa shape index (κ3) is 4.31. The van der Waals surface area contributed by atoms with Crippen molar-refractivity contribution in [1.82, 2.24) is 9.88 Å². The Morgan fingerprint density at radius 3 is 2.59 bits per heavy atom. The van der Waals surface area contributed by atoms with Crippen molar-refractivity contribution in [3.05, 3.63) is 58.6 Å². The zero-order chi connectivity index (χ0) is 20.4. The van der Waals surface area contributed by atoms with Gasteiger partial charge in [-0.25, -0.2) is 4.98 Å². The molecule has 150 valence electrons. The lowest BCUT2D eigenvalue weighted by molar-refractivity contribution is 0.0724. The second-order valence-corrected chi connectivity index (χ2v) is 8.86. The molecule has 0 N–H and O–H groups in total. The Morgan fingerprint density at radius 1 is 1.07 bits per heavy atom. The maximum Gasteiger partial charge on any atom is 0.253 e. The molecule has 0 radical (unpaired) electrons. The minimum atomic E-state index is 0.0807. The van der Waals surface area contributed by atoms with E-state index in [4.69, 9.17) is 11.6 Å². The van der Waals surface area contributed by atoms with Crippen LogP contribution in [0.3, 0.4) is 0 Å². The van der Waals surface area contributed by atoms with E-state index in [0.717, 1.165) is 53.3 Å². The second-order valence-electron chi connectivity index (χ2n) is 7.54. The van der Waals surface area contributed by atoms with Gasteiger partial charge in [0.1, 0.15) is 5.82 Å². The molecule has 1 saturated heterocycles. The average molecular weight is 426 g/mol. The van der Waals surface area contributed by atoms with Crippen LogP contribution in [0.25, 0.3) is 21.6 Å². The van der Waals surface area contributed by atoms with Crippen LogP contribution in [0.1, 0.15) is 29.6 Å². The normalized spacial score (nSPS) is 14.1. The molecule has 4 nitrogen and oxygen atoms in total. The summed E-state index contributed by atoms with van der Waals surface area (Å²) >= 11 is 8.27. The van der Waals surface area contributed by atoms with Gasteiger partial charge in [-0.3, -0.25) is 4.79 Å². The molecule has 29 heavy (non-hydrogen) atoms. The Labute approximate surface area is 180 Å². The summed E-state index contributed by atoms with van der Waals surface area (Å²) in [5, 5.41) is 2.72. The molecule has 2 aromatic heterocycles. The number of aromatic nitrogens is 1. The van der Waals surface area contributed by atoms with Gasteiger partial charge in [0.2, 0.25) is 0 Å². The lowest BCUT2D eigenvalue weighted by Gasteiger charge is -2.26. The summed E-state index contributed by atoms with van der Waals surface area (Å²) in [6.45, 7) is 1.68. The van der Waals surface area contributed by atoms with Gasteiger partial charge in [-0.2, -0.15) is 0 Å². The monoisotopic (exact) mass is 425 g/mol. The first kappa shape index (κ1) is 19.9. The first-order chi connectivity index (χ1) is 14.0. The van der Waals surface area contributed by atoms with Crippen LogP contribution in [-0.4, -0.2) is 43.0 Å². The largest absolute Gasteiger partial charge is 0.363 e. The number of piperidine rings is 1. The SMILES string of the molecule is CN(C)c1cc(-c2cc(-c3ccc(C(=O)N4CCCCC4)cc3Cl)cs2)ccn1. The molecule has 1 aliphatic rings. The number of carbonyl (C=O) groups excluding carboxylic acids is 1. The molecule has 1 amide bonds. The van der Waals surface area contributed by atoms with Crippen LogP contribution >= 0.6 is 22.9 Å². The molecule has 1 aliphatic heterocycles. The number of benzene rings is 1. The molecule has 1 fully saturated rings. The van der Waals surface area contributed by atoms with Gasteiger partial charge in [0.25, 0.3) is 5.91 Å². The number of anilines is 1. The number of hydrogen-bond acceptors (Lipinski definition) is 4. The van der Waals surface area contributed by atoms with Gasteiger partial charge >= 0.3 is 0 Å². The molecule has 0 unspecified atom stereocenters. The molecule has 4 rings (SSSR count). The Bertz CT molecular complexity index is 1020. The van der Waals surface area contributed by atoms with E-state index in [2.05, 4.69) is 22.5 Å². The molecule has 3 aromatic rings. The summed E-state index contributed by atoms with van der Waals surface area (Å²) in [5.74, 6) is 1.01. The van der Waals surface area contributed by atoms with E-state index in [-0.39, 0.29) is 5.91 Å². The summed E-state index contributed by atoms with van der Waals surface area (Å²) < 4.78 is 0. The van der Waals surface area contributed by atoms with Crippen LogP contribution in [0.5, 0.6) is 0 Å². The number of likely N-dealkylation sites (tertiary alicyclic amines) is 1. The maximum atomic E-state index is 12.7. The third-order valence-corrected chi connectivity index (χ3v) is 6.55. The van der Waals surface area contributed by atoms with E-state index in [9.17, 15) is 4.79 Å². The van der Waals surface area contributed by atoms with E-state index in [1.165, 1.54) is 6.42 Å². The summed E-state index contributed by atoms with van der Waals surface area (Å²) in [6, 6.07) is 11.9. The van der Waals surface area contributed by atoms with E-state index < -0.39 is 0 Å². The van der Waals surface area contributed by atoms with E-state index in [0.29, 0.717) is 10.6 Å². The molecule has 3 heterocycles. The van der Waals surface area contributed by atoms with Crippen molar-refractivity contribution >= 4 is 34.7 Å². The fourth-order valence-corrected chi connectivity index (χ4v) is 4.80. The van der Waals surface area contributed by atoms with Crippen LogP contribution in [0, 0.1) is 0 Å². The number of thiophene rings is 1. The Kier molecular flexibility index (Phi) is 5.88. The van der Waals surface area contributed by atoms with Crippen molar-refractivity contribution in [2.24, 2.45) is 0 Å².